The lowest BCUT2D eigenvalue weighted by Gasteiger charge is -2.49. The minimum atomic E-state index is 0.861. The van der Waals surface area contributed by atoms with Crippen LogP contribution in [0.25, 0.3) is 0 Å². The fourth-order valence-corrected chi connectivity index (χ4v) is 4.53. The molecule has 2 saturated heterocycles. The minimum absolute atomic E-state index is 0.861. The first kappa shape index (κ1) is 10.1. The molecule has 4 bridgehead atoms. The second kappa shape index (κ2) is 4.08. The summed E-state index contributed by atoms with van der Waals surface area (Å²) in [5.41, 5.74) is 0. The molecule has 0 spiro atoms. The molecule has 4 aliphatic rings. The molecule has 0 radical (unpaired) electrons. The van der Waals surface area contributed by atoms with E-state index in [1.807, 2.05) is 0 Å². The van der Waals surface area contributed by atoms with Gasteiger partial charge in [0.1, 0.15) is 0 Å². The number of hydrogen-bond acceptors (Lipinski definition) is 1. The van der Waals surface area contributed by atoms with Crippen molar-refractivity contribution >= 4 is 0 Å². The molecule has 5 atom stereocenters. The molecule has 0 aromatic carbocycles. The van der Waals surface area contributed by atoms with Crippen molar-refractivity contribution in [1.82, 2.24) is 5.32 Å². The third kappa shape index (κ3) is 1.73. The van der Waals surface area contributed by atoms with E-state index in [-0.39, 0.29) is 0 Å². The zero-order valence-electron chi connectivity index (χ0n) is 10.0. The number of fused-ring (bicyclic) bond motifs is 5. The summed E-state index contributed by atoms with van der Waals surface area (Å²) in [4.78, 5) is 0. The first-order valence-electron chi connectivity index (χ1n) is 7.12. The van der Waals surface area contributed by atoms with Gasteiger partial charge in [-0.3, -0.25) is 0 Å². The predicted molar refractivity (Wildman–Crippen MR) is 63.7 cm³/mol. The van der Waals surface area contributed by atoms with Gasteiger partial charge in [-0.1, -0.05) is 13.3 Å². The molecular weight excluding hydrogens is 182 g/mol. The molecule has 1 heteroatoms. The highest BCUT2D eigenvalue weighted by molar-refractivity contribution is 4.96. The van der Waals surface area contributed by atoms with Crippen LogP contribution in [0.15, 0.2) is 0 Å². The van der Waals surface area contributed by atoms with Crippen molar-refractivity contribution in [1.29, 1.82) is 0 Å². The Balaban J connectivity index is 1.80. The average molecular weight is 207 g/mol. The van der Waals surface area contributed by atoms with Crippen LogP contribution in [0.3, 0.4) is 0 Å². The van der Waals surface area contributed by atoms with E-state index < -0.39 is 0 Å². The van der Waals surface area contributed by atoms with Crippen LogP contribution in [-0.2, 0) is 0 Å². The topological polar surface area (TPSA) is 12.0 Å². The summed E-state index contributed by atoms with van der Waals surface area (Å²) in [7, 11) is 0. The first-order valence-corrected chi connectivity index (χ1v) is 7.12. The van der Waals surface area contributed by atoms with Crippen LogP contribution in [0.5, 0.6) is 0 Å². The minimum Gasteiger partial charge on any atom is -0.314 e. The standard InChI is InChI=1S/C14H25N/c1-2-10-3-5-12-6-4-11-9-14(10)13(11)7-8-15-12/h10-15H,2-9H2,1H3. The van der Waals surface area contributed by atoms with E-state index in [2.05, 4.69) is 12.2 Å². The quantitative estimate of drug-likeness (QED) is 0.696. The summed E-state index contributed by atoms with van der Waals surface area (Å²) >= 11 is 0. The molecule has 15 heavy (non-hydrogen) atoms. The summed E-state index contributed by atoms with van der Waals surface area (Å²) in [5.74, 6) is 4.39. The Morgan fingerprint density at radius 2 is 1.87 bits per heavy atom. The lowest BCUT2D eigenvalue weighted by Crippen LogP contribution is -2.43. The molecule has 86 valence electrons. The van der Waals surface area contributed by atoms with Crippen LogP contribution in [0.4, 0.5) is 0 Å². The van der Waals surface area contributed by atoms with Crippen molar-refractivity contribution in [3.63, 3.8) is 0 Å². The van der Waals surface area contributed by atoms with Gasteiger partial charge in [0.2, 0.25) is 0 Å². The molecule has 5 unspecified atom stereocenters. The molecule has 2 saturated carbocycles. The highest BCUT2D eigenvalue weighted by Gasteiger charge is 2.45. The molecule has 0 amide bonds. The van der Waals surface area contributed by atoms with Crippen molar-refractivity contribution in [3.05, 3.63) is 0 Å². The van der Waals surface area contributed by atoms with Crippen molar-refractivity contribution in [2.75, 3.05) is 6.54 Å². The summed E-state index contributed by atoms with van der Waals surface area (Å²) in [6, 6.07) is 0.861. The highest BCUT2D eigenvalue weighted by Crippen LogP contribution is 2.52. The van der Waals surface area contributed by atoms with Gasteiger partial charge in [0.05, 0.1) is 0 Å². The van der Waals surface area contributed by atoms with Gasteiger partial charge in [-0.2, -0.15) is 0 Å². The van der Waals surface area contributed by atoms with E-state index in [1.54, 1.807) is 6.42 Å². The molecule has 2 aliphatic heterocycles. The van der Waals surface area contributed by atoms with E-state index in [0.717, 1.165) is 29.7 Å². The van der Waals surface area contributed by atoms with Crippen LogP contribution in [0.2, 0.25) is 0 Å². The van der Waals surface area contributed by atoms with E-state index in [9.17, 15) is 0 Å². The van der Waals surface area contributed by atoms with Crippen LogP contribution in [0.1, 0.15) is 51.9 Å². The SMILES string of the molecule is CCC1CCC2CCC3CC1C3CCN2. The summed E-state index contributed by atoms with van der Waals surface area (Å²) in [6.07, 6.45) is 10.4. The summed E-state index contributed by atoms with van der Waals surface area (Å²) < 4.78 is 0. The van der Waals surface area contributed by atoms with Gasteiger partial charge >= 0.3 is 0 Å². The van der Waals surface area contributed by atoms with Crippen LogP contribution in [0, 0.1) is 23.7 Å². The number of rotatable bonds is 1. The monoisotopic (exact) mass is 207 g/mol. The largest absolute Gasteiger partial charge is 0.314 e. The molecule has 0 aromatic rings. The Morgan fingerprint density at radius 3 is 2.73 bits per heavy atom. The zero-order valence-corrected chi connectivity index (χ0v) is 10.0. The highest BCUT2D eigenvalue weighted by atomic mass is 14.9. The average Bonchev–Trinajstić information content (AvgIpc) is 2.37. The maximum atomic E-state index is 3.78. The Labute approximate surface area is 94.0 Å². The fourth-order valence-electron chi connectivity index (χ4n) is 4.53. The van der Waals surface area contributed by atoms with E-state index in [0.29, 0.717) is 0 Å². The Morgan fingerprint density at radius 1 is 1.00 bits per heavy atom. The molecule has 2 aliphatic carbocycles. The van der Waals surface area contributed by atoms with Crippen LogP contribution in [-0.4, -0.2) is 12.6 Å². The smallest absolute Gasteiger partial charge is 0.00672 e. The summed E-state index contributed by atoms with van der Waals surface area (Å²) in [5, 5.41) is 3.78. The molecular formula is C14H25N. The third-order valence-corrected chi connectivity index (χ3v) is 5.54. The molecule has 2 heterocycles. The third-order valence-electron chi connectivity index (χ3n) is 5.54. The number of hydrogen-bond donors (Lipinski definition) is 1. The van der Waals surface area contributed by atoms with Gasteiger partial charge in [0, 0.05) is 6.04 Å². The normalized spacial score (nSPS) is 49.8. The van der Waals surface area contributed by atoms with Gasteiger partial charge in [-0.05, 0) is 68.7 Å². The van der Waals surface area contributed by atoms with Crippen molar-refractivity contribution in [3.8, 4) is 0 Å². The summed E-state index contributed by atoms with van der Waals surface area (Å²) in [6.45, 7) is 3.71. The predicted octanol–water partition coefficient (Wildman–Crippen LogP) is 3.20. The molecule has 1 N–H and O–H groups in total. The van der Waals surface area contributed by atoms with E-state index in [1.165, 1.54) is 45.1 Å². The Kier molecular flexibility index (Phi) is 2.76. The maximum Gasteiger partial charge on any atom is 0.00672 e. The van der Waals surface area contributed by atoms with Gasteiger partial charge in [0.15, 0.2) is 0 Å². The van der Waals surface area contributed by atoms with Crippen LogP contribution < -0.4 is 5.32 Å². The van der Waals surface area contributed by atoms with Gasteiger partial charge < -0.3 is 5.32 Å². The lowest BCUT2D eigenvalue weighted by molar-refractivity contribution is 0.00872. The maximum absolute atomic E-state index is 3.78. The van der Waals surface area contributed by atoms with Crippen molar-refractivity contribution in [2.45, 2.75) is 57.9 Å². The van der Waals surface area contributed by atoms with E-state index >= 15 is 0 Å². The van der Waals surface area contributed by atoms with Crippen molar-refractivity contribution < 1.29 is 0 Å². The van der Waals surface area contributed by atoms with Crippen molar-refractivity contribution in [2.24, 2.45) is 23.7 Å². The molecule has 0 aromatic heterocycles. The molecule has 1 nitrogen and oxygen atoms in total. The Bertz CT molecular complexity index is 221. The van der Waals surface area contributed by atoms with Crippen LogP contribution >= 0.6 is 0 Å². The number of nitrogens with one attached hydrogen (secondary N) is 1. The Hall–Kier alpha value is -0.0400. The second-order valence-corrected chi connectivity index (χ2v) is 6.09. The molecule has 4 rings (SSSR count). The zero-order chi connectivity index (χ0) is 10.3. The van der Waals surface area contributed by atoms with Gasteiger partial charge in [-0.25, -0.2) is 0 Å². The first-order chi connectivity index (χ1) is 7.38. The van der Waals surface area contributed by atoms with Gasteiger partial charge in [0.25, 0.3) is 0 Å². The van der Waals surface area contributed by atoms with Gasteiger partial charge in [-0.15, -0.1) is 0 Å². The van der Waals surface area contributed by atoms with E-state index in [4.69, 9.17) is 0 Å². The fraction of sp³-hybridized carbons (Fsp3) is 1.00. The molecule has 4 fully saturated rings. The lowest BCUT2D eigenvalue weighted by atomic mass is 9.57. The second-order valence-electron chi connectivity index (χ2n) is 6.09.